The van der Waals surface area contributed by atoms with Gasteiger partial charge in [-0.05, 0) is 24.8 Å². The lowest BCUT2D eigenvalue weighted by molar-refractivity contribution is 0.0678. The molecule has 0 unspecified atom stereocenters. The summed E-state index contributed by atoms with van der Waals surface area (Å²) in [5, 5.41) is 0. The van der Waals surface area contributed by atoms with Gasteiger partial charge in [0.2, 0.25) is 10.0 Å². The van der Waals surface area contributed by atoms with Crippen molar-refractivity contribution >= 4 is 15.7 Å². The number of nitrogens with zero attached hydrogens (tertiary/aromatic N) is 1. The van der Waals surface area contributed by atoms with Crippen molar-refractivity contribution in [1.82, 2.24) is 9.71 Å². The first-order chi connectivity index (χ1) is 9.13. The monoisotopic (exact) mass is 286 g/mol. The second-order valence-electron chi connectivity index (χ2n) is 4.42. The molecule has 1 fully saturated rings. The van der Waals surface area contributed by atoms with Crippen molar-refractivity contribution in [3.63, 3.8) is 0 Å². The average molecular weight is 286 g/mol. The van der Waals surface area contributed by atoms with Crippen molar-refractivity contribution in [2.45, 2.75) is 17.7 Å². The number of nitrogens with one attached hydrogen (secondary N) is 2. The maximum absolute atomic E-state index is 12.2. The molecule has 0 radical (unpaired) electrons. The Balaban J connectivity index is 2.05. The summed E-state index contributed by atoms with van der Waals surface area (Å²) in [7, 11) is -3.60. The number of ether oxygens (including phenoxy) is 1. The van der Waals surface area contributed by atoms with E-state index in [0.29, 0.717) is 31.4 Å². The summed E-state index contributed by atoms with van der Waals surface area (Å²) in [6, 6.07) is 1.52. The number of aromatic nitrogens is 1. The summed E-state index contributed by atoms with van der Waals surface area (Å²) in [5.41, 5.74) is 2.69. The molecule has 1 aliphatic heterocycles. The maximum atomic E-state index is 12.2. The first kappa shape index (κ1) is 14.2. The van der Waals surface area contributed by atoms with Gasteiger partial charge in [0.25, 0.3) is 0 Å². The Bertz CT molecular complexity index is 514. The van der Waals surface area contributed by atoms with Crippen LogP contribution in [0.1, 0.15) is 12.8 Å². The lowest BCUT2D eigenvalue weighted by Crippen LogP contribution is -2.32. The van der Waals surface area contributed by atoms with Gasteiger partial charge in [0.1, 0.15) is 4.90 Å². The van der Waals surface area contributed by atoms with Crippen molar-refractivity contribution in [3.05, 3.63) is 18.5 Å². The van der Waals surface area contributed by atoms with Gasteiger partial charge in [-0.1, -0.05) is 0 Å². The van der Waals surface area contributed by atoms with Crippen molar-refractivity contribution < 1.29 is 13.2 Å². The van der Waals surface area contributed by atoms with Crippen LogP contribution in [0, 0.1) is 5.92 Å². The van der Waals surface area contributed by atoms with Gasteiger partial charge in [0.05, 0.1) is 5.69 Å². The third-order valence-corrected chi connectivity index (χ3v) is 4.58. The molecule has 0 atom stereocenters. The quantitative estimate of drug-likeness (QED) is 0.522. The van der Waals surface area contributed by atoms with Gasteiger partial charge < -0.3 is 10.2 Å². The molecule has 106 valence electrons. The predicted molar refractivity (Wildman–Crippen MR) is 70.8 cm³/mol. The van der Waals surface area contributed by atoms with E-state index in [4.69, 9.17) is 10.6 Å². The van der Waals surface area contributed by atoms with E-state index in [1.165, 1.54) is 18.5 Å². The minimum Gasteiger partial charge on any atom is -0.381 e. The summed E-state index contributed by atoms with van der Waals surface area (Å²) < 4.78 is 32.2. The molecule has 0 amide bonds. The van der Waals surface area contributed by atoms with Gasteiger partial charge in [0, 0.05) is 32.2 Å². The number of nitrogens with two attached hydrogens (primary N) is 1. The summed E-state index contributed by atoms with van der Waals surface area (Å²) in [5.74, 6) is 5.61. The molecule has 0 aliphatic carbocycles. The highest BCUT2D eigenvalue weighted by atomic mass is 32.2. The first-order valence-corrected chi connectivity index (χ1v) is 7.60. The van der Waals surface area contributed by atoms with E-state index in [9.17, 15) is 8.42 Å². The standard InChI is InChI=1S/C11H18N4O3S/c12-15-10-1-4-13-8-11(10)19(16,17)14-7-9-2-5-18-6-3-9/h1,4,8-9,14H,2-3,5-7,12H2,(H,13,15). The summed E-state index contributed by atoms with van der Waals surface area (Å²) in [6.45, 7) is 1.79. The van der Waals surface area contributed by atoms with Crippen LogP contribution in [0.5, 0.6) is 0 Å². The van der Waals surface area contributed by atoms with E-state index in [2.05, 4.69) is 15.1 Å². The molecule has 1 aliphatic rings. The topological polar surface area (TPSA) is 106 Å². The highest BCUT2D eigenvalue weighted by molar-refractivity contribution is 7.89. The highest BCUT2D eigenvalue weighted by Crippen LogP contribution is 2.19. The van der Waals surface area contributed by atoms with Gasteiger partial charge in [-0.15, -0.1) is 0 Å². The van der Waals surface area contributed by atoms with Crippen LogP contribution in [0.4, 0.5) is 5.69 Å². The number of nitrogen functional groups attached to an aromatic ring is 1. The second kappa shape index (κ2) is 6.29. The molecule has 0 bridgehead atoms. The van der Waals surface area contributed by atoms with Crippen LogP contribution in [0.25, 0.3) is 0 Å². The summed E-state index contributed by atoms with van der Waals surface area (Å²) >= 11 is 0. The molecule has 7 nitrogen and oxygen atoms in total. The fourth-order valence-electron chi connectivity index (χ4n) is 1.97. The molecule has 8 heteroatoms. The lowest BCUT2D eigenvalue weighted by Gasteiger charge is -2.22. The Labute approximate surface area is 112 Å². The molecule has 0 saturated carbocycles. The third kappa shape index (κ3) is 3.63. The molecule has 19 heavy (non-hydrogen) atoms. The van der Waals surface area contributed by atoms with Gasteiger partial charge in [-0.25, -0.2) is 13.1 Å². The van der Waals surface area contributed by atoms with E-state index in [-0.39, 0.29) is 4.90 Å². The van der Waals surface area contributed by atoms with Crippen LogP contribution in [-0.2, 0) is 14.8 Å². The van der Waals surface area contributed by atoms with E-state index in [1.807, 2.05) is 0 Å². The minimum atomic E-state index is -3.60. The SMILES string of the molecule is NNc1ccncc1S(=O)(=O)NCC1CCOCC1. The molecule has 4 N–H and O–H groups in total. The zero-order chi connectivity index (χ0) is 13.7. The van der Waals surface area contributed by atoms with Crippen molar-refractivity contribution in [3.8, 4) is 0 Å². The number of hydrogen-bond acceptors (Lipinski definition) is 6. The van der Waals surface area contributed by atoms with E-state index >= 15 is 0 Å². The molecule has 1 aromatic heterocycles. The van der Waals surface area contributed by atoms with Crippen LogP contribution in [0.2, 0.25) is 0 Å². The van der Waals surface area contributed by atoms with Gasteiger partial charge in [-0.3, -0.25) is 10.8 Å². The largest absolute Gasteiger partial charge is 0.381 e. The van der Waals surface area contributed by atoms with Crippen LogP contribution < -0.4 is 16.0 Å². The van der Waals surface area contributed by atoms with Gasteiger partial charge in [0.15, 0.2) is 0 Å². The number of hydrogen-bond donors (Lipinski definition) is 3. The summed E-state index contributed by atoms with van der Waals surface area (Å²) in [4.78, 5) is 3.88. The Kier molecular flexibility index (Phi) is 4.70. The van der Waals surface area contributed by atoms with Crippen LogP contribution in [0.15, 0.2) is 23.4 Å². The number of rotatable bonds is 5. The van der Waals surface area contributed by atoms with Crippen LogP contribution >= 0.6 is 0 Å². The number of pyridine rings is 1. The van der Waals surface area contributed by atoms with Crippen molar-refractivity contribution in [1.29, 1.82) is 0 Å². The number of hydrazine groups is 1. The lowest BCUT2D eigenvalue weighted by atomic mass is 10.0. The Morgan fingerprint density at radius 2 is 2.16 bits per heavy atom. The molecule has 1 aromatic rings. The van der Waals surface area contributed by atoms with E-state index in [1.54, 1.807) is 0 Å². The molecule has 2 heterocycles. The third-order valence-electron chi connectivity index (χ3n) is 3.13. The average Bonchev–Trinajstić information content (AvgIpc) is 2.46. The Morgan fingerprint density at radius 1 is 1.42 bits per heavy atom. The normalized spacial score (nSPS) is 17.3. The van der Waals surface area contributed by atoms with Crippen molar-refractivity contribution in [2.75, 3.05) is 25.2 Å². The molecule has 0 spiro atoms. The number of sulfonamides is 1. The first-order valence-electron chi connectivity index (χ1n) is 6.11. The maximum Gasteiger partial charge on any atom is 0.244 e. The zero-order valence-electron chi connectivity index (χ0n) is 10.5. The molecular weight excluding hydrogens is 268 g/mol. The van der Waals surface area contributed by atoms with Crippen molar-refractivity contribution in [2.24, 2.45) is 11.8 Å². The summed E-state index contributed by atoms with van der Waals surface area (Å²) in [6.07, 6.45) is 4.50. The number of anilines is 1. The fraction of sp³-hybridized carbons (Fsp3) is 0.545. The molecular formula is C11H18N4O3S. The smallest absolute Gasteiger partial charge is 0.244 e. The fourth-order valence-corrected chi connectivity index (χ4v) is 3.20. The highest BCUT2D eigenvalue weighted by Gasteiger charge is 2.21. The predicted octanol–water partition coefficient (Wildman–Crippen LogP) is 0.0721. The van der Waals surface area contributed by atoms with Gasteiger partial charge >= 0.3 is 0 Å². The second-order valence-corrected chi connectivity index (χ2v) is 6.16. The van der Waals surface area contributed by atoms with Gasteiger partial charge in [-0.2, -0.15) is 0 Å². The van der Waals surface area contributed by atoms with Crippen LogP contribution in [-0.4, -0.2) is 33.2 Å². The Hall–Kier alpha value is -1.22. The van der Waals surface area contributed by atoms with E-state index < -0.39 is 10.0 Å². The molecule has 2 rings (SSSR count). The minimum absolute atomic E-state index is 0.0598. The molecule has 1 saturated heterocycles. The molecule has 0 aromatic carbocycles. The zero-order valence-corrected chi connectivity index (χ0v) is 11.3. The van der Waals surface area contributed by atoms with Crippen LogP contribution in [0.3, 0.4) is 0 Å². The van der Waals surface area contributed by atoms with E-state index in [0.717, 1.165) is 12.8 Å². The Morgan fingerprint density at radius 3 is 2.84 bits per heavy atom.